The molecule has 1 aliphatic rings. The van der Waals surface area contributed by atoms with Crippen LogP contribution in [0.3, 0.4) is 0 Å². The van der Waals surface area contributed by atoms with Crippen molar-refractivity contribution in [2.75, 3.05) is 0 Å². The normalized spacial score (nSPS) is 12.2. The molecule has 2 nitrogen and oxygen atoms in total. The van der Waals surface area contributed by atoms with E-state index in [1.807, 2.05) is 6.08 Å². The Bertz CT molecular complexity index is 3440. The fourth-order valence-electron chi connectivity index (χ4n) is 9.55. The van der Waals surface area contributed by atoms with Crippen LogP contribution in [0.4, 0.5) is 0 Å². The van der Waals surface area contributed by atoms with Gasteiger partial charge in [-0.25, -0.2) is 0 Å². The molecular formula is C52H31NO. The van der Waals surface area contributed by atoms with Gasteiger partial charge < -0.3 is 8.98 Å². The van der Waals surface area contributed by atoms with Crippen molar-refractivity contribution in [2.24, 2.45) is 0 Å². The zero-order chi connectivity index (χ0) is 35.7. The van der Waals surface area contributed by atoms with E-state index in [2.05, 4.69) is 169 Å². The summed E-state index contributed by atoms with van der Waals surface area (Å²) in [6, 6.07) is 56.2. The van der Waals surface area contributed by atoms with Gasteiger partial charge >= 0.3 is 0 Å². The number of hydrogen-bond acceptors (Lipinski definition) is 1. The second-order valence-electron chi connectivity index (χ2n) is 14.5. The van der Waals surface area contributed by atoms with E-state index in [0.29, 0.717) is 0 Å². The van der Waals surface area contributed by atoms with Gasteiger partial charge in [-0.3, -0.25) is 0 Å². The molecule has 12 rings (SSSR count). The van der Waals surface area contributed by atoms with Crippen molar-refractivity contribution in [1.29, 1.82) is 0 Å². The van der Waals surface area contributed by atoms with Crippen LogP contribution in [0.25, 0.3) is 127 Å². The Morgan fingerprint density at radius 1 is 0.407 bits per heavy atom. The van der Waals surface area contributed by atoms with E-state index < -0.39 is 0 Å². The summed E-state index contributed by atoms with van der Waals surface area (Å²) in [4.78, 5) is 0. The molecule has 0 fully saturated rings. The summed E-state index contributed by atoms with van der Waals surface area (Å²) in [6.07, 6.45) is 3.62. The third kappa shape index (κ3) is 3.79. The van der Waals surface area contributed by atoms with Crippen LogP contribution < -0.4 is 0 Å². The van der Waals surface area contributed by atoms with Gasteiger partial charge in [0.25, 0.3) is 0 Å². The Morgan fingerprint density at radius 3 is 1.74 bits per heavy atom. The van der Waals surface area contributed by atoms with Crippen molar-refractivity contribution in [3.8, 4) is 39.1 Å². The Kier molecular flexibility index (Phi) is 5.83. The molecule has 9 aromatic carbocycles. The second kappa shape index (κ2) is 10.7. The highest BCUT2D eigenvalue weighted by atomic mass is 16.3. The van der Waals surface area contributed by atoms with Gasteiger partial charge in [-0.15, -0.1) is 0 Å². The highest BCUT2D eigenvalue weighted by Gasteiger charge is 2.26. The molecule has 0 saturated carbocycles. The molecule has 0 atom stereocenters. The summed E-state index contributed by atoms with van der Waals surface area (Å²) in [5.74, 6) is 0.747. The molecule has 1 aliphatic carbocycles. The molecule has 0 radical (unpaired) electrons. The van der Waals surface area contributed by atoms with Crippen LogP contribution >= 0.6 is 0 Å². The largest absolute Gasteiger partial charge is 0.456 e. The van der Waals surface area contributed by atoms with Gasteiger partial charge in [-0.1, -0.05) is 128 Å². The van der Waals surface area contributed by atoms with Crippen LogP contribution in [0.5, 0.6) is 0 Å². The van der Waals surface area contributed by atoms with E-state index in [1.165, 1.54) is 87.1 Å². The van der Waals surface area contributed by atoms with Crippen molar-refractivity contribution in [2.45, 2.75) is 0 Å². The minimum Gasteiger partial charge on any atom is -0.456 e. The molecule has 2 aromatic heterocycles. The molecule has 2 heteroatoms. The molecule has 54 heavy (non-hydrogen) atoms. The first-order chi connectivity index (χ1) is 26.7. The predicted octanol–water partition coefficient (Wildman–Crippen LogP) is 14.7. The van der Waals surface area contributed by atoms with Gasteiger partial charge in [0.1, 0.15) is 11.3 Å². The van der Waals surface area contributed by atoms with Crippen molar-refractivity contribution < 1.29 is 4.42 Å². The topological polar surface area (TPSA) is 18.1 Å². The summed E-state index contributed by atoms with van der Waals surface area (Å²) >= 11 is 0. The highest BCUT2D eigenvalue weighted by molar-refractivity contribution is 6.30. The highest BCUT2D eigenvalue weighted by Crippen LogP contribution is 2.51. The van der Waals surface area contributed by atoms with Gasteiger partial charge in [0.2, 0.25) is 0 Å². The number of hydrogen-bond donors (Lipinski definition) is 0. The van der Waals surface area contributed by atoms with Crippen molar-refractivity contribution in [3.05, 3.63) is 176 Å². The van der Waals surface area contributed by atoms with Crippen LogP contribution in [0.15, 0.2) is 169 Å². The van der Waals surface area contributed by atoms with Crippen LogP contribution in [-0.4, -0.2) is 4.57 Å². The summed E-state index contributed by atoms with van der Waals surface area (Å²) in [5.41, 5.74) is 12.8. The summed E-state index contributed by atoms with van der Waals surface area (Å²) in [5, 5.41) is 13.8. The van der Waals surface area contributed by atoms with Crippen molar-refractivity contribution >= 4 is 88.0 Å². The predicted molar refractivity (Wildman–Crippen MR) is 231 cm³/mol. The SMILES string of the molecule is C=Cc1oc2ccc(-c3ccc4c(c3)c3c5cccc6c5c(cc3n4-c3ccc4c5ccccc5c5ccccc5c4c3)-c3ccccc3-6)cc2c1C=C. The first-order valence-corrected chi connectivity index (χ1v) is 18.5. The standard InChI is InChI=1S/C52H31NO/c1-3-33-44-26-31(21-25-50(44)54-49(33)4-2)30-20-24-47-46(27-30)52-42-19-11-18-41-37-15-8-10-17-39(37)45(51(41)42)29-48(52)53(47)32-22-23-40-36-14-6-5-12-34(36)35-13-7-9-16-38(35)43(40)28-32/h3-29H,1-2H2. The summed E-state index contributed by atoms with van der Waals surface area (Å²) in [6.45, 7) is 8.04. The van der Waals surface area contributed by atoms with Crippen molar-refractivity contribution in [3.63, 3.8) is 0 Å². The quantitative estimate of drug-likeness (QED) is 0.169. The van der Waals surface area contributed by atoms with E-state index in [4.69, 9.17) is 4.42 Å². The summed E-state index contributed by atoms with van der Waals surface area (Å²) < 4.78 is 8.59. The molecule has 0 bridgehead atoms. The zero-order valence-corrected chi connectivity index (χ0v) is 29.4. The maximum Gasteiger partial charge on any atom is 0.135 e. The minimum absolute atomic E-state index is 0.747. The molecule has 0 spiro atoms. The number of fused-ring (bicyclic) bond motifs is 14. The van der Waals surface area contributed by atoms with E-state index in [1.54, 1.807) is 6.08 Å². The van der Waals surface area contributed by atoms with Gasteiger partial charge in [-0.2, -0.15) is 0 Å². The zero-order valence-electron chi connectivity index (χ0n) is 29.4. The third-order valence-electron chi connectivity index (χ3n) is 11.9. The lowest BCUT2D eigenvalue weighted by Gasteiger charge is -2.14. The van der Waals surface area contributed by atoms with E-state index >= 15 is 0 Å². The molecule has 0 saturated heterocycles. The average Bonchev–Trinajstić information content (AvgIpc) is 3.88. The van der Waals surface area contributed by atoms with Crippen LogP contribution in [-0.2, 0) is 0 Å². The van der Waals surface area contributed by atoms with E-state index in [-0.39, 0.29) is 0 Å². The molecule has 0 amide bonds. The monoisotopic (exact) mass is 685 g/mol. The molecular weight excluding hydrogens is 655 g/mol. The molecule has 0 aliphatic heterocycles. The Morgan fingerprint density at radius 2 is 1.02 bits per heavy atom. The molecule has 0 unspecified atom stereocenters. The number of benzene rings is 9. The van der Waals surface area contributed by atoms with Crippen LogP contribution in [0, 0.1) is 0 Å². The van der Waals surface area contributed by atoms with Gasteiger partial charge in [0, 0.05) is 27.4 Å². The lowest BCUT2D eigenvalue weighted by atomic mass is 9.94. The first-order valence-electron chi connectivity index (χ1n) is 18.5. The summed E-state index contributed by atoms with van der Waals surface area (Å²) in [7, 11) is 0. The number of aromatic nitrogens is 1. The number of nitrogens with zero attached hydrogens (tertiary/aromatic N) is 1. The molecule has 0 N–H and O–H groups in total. The molecule has 11 aromatic rings. The van der Waals surface area contributed by atoms with Gasteiger partial charge in [0.05, 0.1) is 11.0 Å². The smallest absolute Gasteiger partial charge is 0.135 e. The van der Waals surface area contributed by atoms with Crippen LogP contribution in [0.1, 0.15) is 11.3 Å². The maximum atomic E-state index is 6.10. The Labute approximate surface area is 311 Å². The van der Waals surface area contributed by atoms with Gasteiger partial charge in [0.15, 0.2) is 0 Å². The van der Waals surface area contributed by atoms with E-state index in [0.717, 1.165) is 39.1 Å². The fraction of sp³-hybridized carbons (Fsp3) is 0. The molecule has 2 heterocycles. The third-order valence-corrected chi connectivity index (χ3v) is 11.9. The maximum absolute atomic E-state index is 6.10. The van der Waals surface area contributed by atoms with Crippen LogP contribution in [0.2, 0.25) is 0 Å². The first kappa shape index (κ1) is 29.4. The fourth-order valence-corrected chi connectivity index (χ4v) is 9.55. The lowest BCUT2D eigenvalue weighted by molar-refractivity contribution is 0.603. The number of furan rings is 1. The van der Waals surface area contributed by atoms with Crippen molar-refractivity contribution in [1.82, 2.24) is 4.57 Å². The Hall–Kier alpha value is -7.16. The average molecular weight is 686 g/mol. The minimum atomic E-state index is 0.747. The number of rotatable bonds is 4. The second-order valence-corrected chi connectivity index (χ2v) is 14.5. The Balaban J connectivity index is 1.20. The van der Waals surface area contributed by atoms with E-state index in [9.17, 15) is 0 Å². The van der Waals surface area contributed by atoms with Gasteiger partial charge in [-0.05, 0) is 125 Å². The molecule has 250 valence electrons. The lowest BCUT2D eigenvalue weighted by Crippen LogP contribution is -1.95.